The number of anilines is 2. The lowest BCUT2D eigenvalue weighted by atomic mass is 10.2. The van der Waals surface area contributed by atoms with Gasteiger partial charge in [-0.15, -0.1) is 4.98 Å². The summed E-state index contributed by atoms with van der Waals surface area (Å²) in [5, 5.41) is 14.7. The van der Waals surface area contributed by atoms with Crippen LogP contribution in [-0.4, -0.2) is 17.0 Å². The Labute approximate surface area is 193 Å². The zero-order valence-corrected chi connectivity index (χ0v) is 18.5. The first-order chi connectivity index (χ1) is 16.4. The molecule has 0 fully saturated rings. The quantitative estimate of drug-likeness (QED) is 0.194. The average Bonchev–Trinajstić information content (AvgIpc) is 3.31. The third-order valence-corrected chi connectivity index (χ3v) is 5.29. The second-order valence-electron chi connectivity index (χ2n) is 6.68. The highest BCUT2D eigenvalue weighted by Gasteiger charge is 2.16. The van der Waals surface area contributed by atoms with Crippen molar-refractivity contribution < 1.29 is 32.4 Å². The van der Waals surface area contributed by atoms with E-state index in [-0.39, 0.29) is 11.6 Å². The highest BCUT2D eigenvalue weighted by atomic mass is 31.2. The fraction of sp³-hybridized carbons (Fsp3) is 0.0476. The summed E-state index contributed by atoms with van der Waals surface area (Å²) >= 11 is 0. The van der Waals surface area contributed by atoms with Gasteiger partial charge in [0.25, 0.3) is 5.82 Å². The van der Waals surface area contributed by atoms with Crippen molar-refractivity contribution in [1.29, 1.82) is 0 Å². The third kappa shape index (κ3) is 5.50. The van der Waals surface area contributed by atoms with E-state index in [9.17, 15) is 14.5 Å². The molecule has 0 aliphatic carbocycles. The topological polar surface area (TPSA) is 149 Å². The maximum Gasteiger partial charge on any atom is 0.433 e. The Balaban J connectivity index is 1.62. The summed E-state index contributed by atoms with van der Waals surface area (Å²) in [6, 6.07) is 13.9. The molecule has 2 aromatic carbocycles. The second kappa shape index (κ2) is 10.3. The monoisotopic (exact) mass is 486 g/mol. The van der Waals surface area contributed by atoms with E-state index in [0.717, 1.165) is 0 Å². The van der Waals surface area contributed by atoms with Gasteiger partial charge in [-0.25, -0.2) is 19.9 Å². The summed E-state index contributed by atoms with van der Waals surface area (Å²) in [5.74, 6) is 5.97. The van der Waals surface area contributed by atoms with E-state index in [2.05, 4.69) is 19.9 Å². The first-order valence-electron chi connectivity index (χ1n) is 9.66. The molecular formula is C21H18FN5O6P+. The van der Waals surface area contributed by atoms with Crippen LogP contribution in [0.2, 0.25) is 0 Å². The number of rotatable bonds is 9. The van der Waals surface area contributed by atoms with Crippen LogP contribution in [-0.2, 0) is 9.15 Å². The first kappa shape index (κ1) is 23.2. The van der Waals surface area contributed by atoms with Crippen LogP contribution in [0.1, 0.15) is 11.6 Å². The van der Waals surface area contributed by atoms with Crippen molar-refractivity contribution in [3.05, 3.63) is 82.1 Å². The number of furan rings is 1. The molecule has 2 heterocycles. The van der Waals surface area contributed by atoms with E-state index >= 15 is 0 Å². The van der Waals surface area contributed by atoms with Gasteiger partial charge >= 0.3 is 14.5 Å². The Morgan fingerprint density at radius 1 is 1.21 bits per heavy atom. The molecule has 1 atom stereocenters. The average molecular weight is 486 g/mol. The maximum absolute atomic E-state index is 13.9. The molecular weight excluding hydrogens is 468 g/mol. The third-order valence-electron chi connectivity index (χ3n) is 4.46. The Morgan fingerprint density at radius 2 is 2.00 bits per heavy atom. The summed E-state index contributed by atoms with van der Waals surface area (Å²) in [6.07, 6.45) is 3.08. The van der Waals surface area contributed by atoms with E-state index in [1.165, 1.54) is 37.5 Å². The fourth-order valence-electron chi connectivity index (χ4n) is 2.96. The van der Waals surface area contributed by atoms with Crippen LogP contribution in [0.5, 0.6) is 5.75 Å². The number of benzene rings is 2. The number of aromatic nitrogens is 2. The number of hydrogen-bond acceptors (Lipinski definition) is 9. The minimum absolute atomic E-state index is 0.267. The van der Waals surface area contributed by atoms with Crippen LogP contribution in [0.3, 0.4) is 0 Å². The second-order valence-corrected chi connectivity index (χ2v) is 7.88. The molecule has 0 saturated heterocycles. The minimum atomic E-state index is -1.69. The molecule has 13 heteroatoms. The number of halogens is 1. The van der Waals surface area contributed by atoms with E-state index in [4.69, 9.17) is 19.4 Å². The predicted molar refractivity (Wildman–Crippen MR) is 122 cm³/mol. The number of nitrogens with two attached hydrogens (primary N) is 1. The van der Waals surface area contributed by atoms with Gasteiger partial charge in [0.15, 0.2) is 5.52 Å². The standard InChI is InChI=1S/C21H17FN5O6P/c1-30-34(33-23)32-16-5-3-14(4-6-16)24-21-17-9-2-13(22)12-18(17)25-19(26-21)10-7-15-8-11-20(31-15)27(28)29/h2-12H,23H2,1H3,(H,24,25,26)/p+1/b10-7+. The normalized spacial score (nSPS) is 12.2. The van der Waals surface area contributed by atoms with E-state index in [0.29, 0.717) is 34.0 Å². The zero-order chi connectivity index (χ0) is 24.1. The van der Waals surface area contributed by atoms with Crippen LogP contribution in [0, 0.1) is 15.9 Å². The first-order valence-corrected chi connectivity index (χ1v) is 10.8. The van der Waals surface area contributed by atoms with Crippen molar-refractivity contribution in [3.8, 4) is 5.75 Å². The highest BCUT2D eigenvalue weighted by molar-refractivity contribution is 7.42. The maximum atomic E-state index is 13.9. The molecule has 0 bridgehead atoms. The van der Waals surface area contributed by atoms with Crippen LogP contribution in [0.15, 0.2) is 59.0 Å². The van der Waals surface area contributed by atoms with Crippen molar-refractivity contribution in [2.24, 2.45) is 5.90 Å². The van der Waals surface area contributed by atoms with E-state index < -0.39 is 19.3 Å². The van der Waals surface area contributed by atoms with Gasteiger partial charge in [-0.3, -0.25) is 15.4 Å². The summed E-state index contributed by atoms with van der Waals surface area (Å²) < 4.78 is 34.0. The smallest absolute Gasteiger partial charge is 0.426 e. The molecule has 34 heavy (non-hydrogen) atoms. The van der Waals surface area contributed by atoms with Crippen molar-refractivity contribution in [2.75, 3.05) is 12.4 Å². The lowest BCUT2D eigenvalue weighted by Crippen LogP contribution is -2.16. The Morgan fingerprint density at radius 3 is 2.68 bits per heavy atom. The van der Waals surface area contributed by atoms with Gasteiger partial charge in [0.2, 0.25) is 5.82 Å². The van der Waals surface area contributed by atoms with E-state index in [1.807, 2.05) is 0 Å². The molecule has 0 spiro atoms. The molecule has 0 saturated carbocycles. The molecule has 0 radical (unpaired) electrons. The van der Waals surface area contributed by atoms with Crippen LogP contribution in [0.25, 0.3) is 23.1 Å². The van der Waals surface area contributed by atoms with Crippen molar-refractivity contribution in [2.45, 2.75) is 0 Å². The number of hydrogen-bond donors (Lipinski definition) is 2. The Bertz CT molecular complexity index is 1340. The van der Waals surface area contributed by atoms with Crippen molar-refractivity contribution >= 4 is 49.0 Å². The molecule has 4 aromatic rings. The van der Waals surface area contributed by atoms with Gasteiger partial charge in [0.05, 0.1) is 17.1 Å². The highest BCUT2D eigenvalue weighted by Crippen LogP contribution is 2.38. The fourth-order valence-corrected chi connectivity index (χ4v) is 3.46. The number of nitro groups is 1. The molecule has 2 aromatic heterocycles. The zero-order valence-electron chi connectivity index (χ0n) is 17.6. The number of nitrogens with zero attached hydrogens (tertiary/aromatic N) is 2. The number of nitrogens with one attached hydrogen (secondary N) is 2. The summed E-state index contributed by atoms with van der Waals surface area (Å²) in [7, 11) is -0.275. The molecule has 1 unspecified atom stereocenters. The lowest BCUT2D eigenvalue weighted by molar-refractivity contribution is -0.402. The molecule has 11 nitrogen and oxygen atoms in total. The van der Waals surface area contributed by atoms with Gasteiger partial charge in [0.1, 0.15) is 22.3 Å². The van der Waals surface area contributed by atoms with Crippen LogP contribution < -0.4 is 20.7 Å². The molecule has 4 rings (SSSR count). The SMILES string of the molecule is COP(ON)Oc1ccc(Nc2[nH+]c(/C=C/c3ccc([N+](=O)[O-])o3)nc3cc(F)ccc23)cc1. The summed E-state index contributed by atoms with van der Waals surface area (Å²) in [6.45, 7) is 0. The van der Waals surface area contributed by atoms with Gasteiger partial charge in [-0.05, 0) is 48.5 Å². The molecule has 4 N–H and O–H groups in total. The van der Waals surface area contributed by atoms with Gasteiger partial charge in [0, 0.05) is 19.3 Å². The van der Waals surface area contributed by atoms with Gasteiger partial charge in [-0.1, -0.05) is 0 Å². The molecule has 0 amide bonds. The van der Waals surface area contributed by atoms with Crippen molar-refractivity contribution in [1.82, 2.24) is 4.98 Å². The number of fused-ring (bicyclic) bond motifs is 1. The molecule has 174 valence electrons. The Hall–Kier alpha value is -3.96. The molecule has 0 aliphatic rings. The minimum Gasteiger partial charge on any atom is -0.426 e. The van der Waals surface area contributed by atoms with E-state index in [1.54, 1.807) is 36.4 Å². The van der Waals surface area contributed by atoms with Gasteiger partial charge in [-0.2, -0.15) is 0 Å². The Kier molecular flexibility index (Phi) is 7.04. The number of H-pyrrole nitrogens is 1. The summed E-state index contributed by atoms with van der Waals surface area (Å²) in [5.41, 5.74) is 1.10. The largest absolute Gasteiger partial charge is 0.433 e. The predicted octanol–water partition coefficient (Wildman–Crippen LogP) is 4.75. The van der Waals surface area contributed by atoms with Crippen molar-refractivity contribution in [3.63, 3.8) is 0 Å². The van der Waals surface area contributed by atoms with Gasteiger partial charge < -0.3 is 13.5 Å². The van der Waals surface area contributed by atoms with Crippen LogP contribution in [0.4, 0.5) is 21.8 Å². The molecule has 0 aliphatic heterocycles. The number of aromatic amines is 1. The lowest BCUT2D eigenvalue weighted by Gasteiger charge is -2.12. The summed E-state index contributed by atoms with van der Waals surface area (Å²) in [4.78, 5) is 17.7. The van der Waals surface area contributed by atoms with Crippen LogP contribution >= 0.6 is 8.60 Å².